The van der Waals surface area contributed by atoms with Crippen LogP contribution in [0.5, 0.6) is 0 Å². The Hall–Kier alpha value is -3.36. The van der Waals surface area contributed by atoms with Crippen molar-refractivity contribution in [1.29, 1.82) is 0 Å². The number of carbonyl (C=O) groups excluding carboxylic acids is 1. The summed E-state index contributed by atoms with van der Waals surface area (Å²) in [5, 5.41) is 13.2. The molecule has 1 aliphatic heterocycles. The van der Waals surface area contributed by atoms with E-state index in [-0.39, 0.29) is 10.8 Å². The number of methoxy groups -OCH3 is 1. The molecule has 1 amide bonds. The van der Waals surface area contributed by atoms with Crippen molar-refractivity contribution in [3.05, 3.63) is 53.6 Å². The number of hydrogen-bond donors (Lipinski definition) is 4. The predicted octanol–water partition coefficient (Wildman–Crippen LogP) is 2.47. The Bertz CT molecular complexity index is 1180. The molecule has 38 heavy (non-hydrogen) atoms. The van der Waals surface area contributed by atoms with E-state index in [0.717, 1.165) is 43.9 Å². The molecule has 2 aromatic rings. The van der Waals surface area contributed by atoms with Gasteiger partial charge in [0.15, 0.2) is 0 Å². The summed E-state index contributed by atoms with van der Waals surface area (Å²) in [5.41, 5.74) is 2.62. The van der Waals surface area contributed by atoms with Gasteiger partial charge in [-0.2, -0.15) is 13.2 Å². The number of amides is 1. The van der Waals surface area contributed by atoms with Crippen molar-refractivity contribution < 1.29 is 41.0 Å². The molecule has 0 spiro atoms. The summed E-state index contributed by atoms with van der Waals surface area (Å²) in [7, 11) is -2.19. The smallest absolute Gasteiger partial charge is 0.475 e. The van der Waals surface area contributed by atoms with Crippen LogP contribution in [0.1, 0.15) is 22.8 Å². The van der Waals surface area contributed by atoms with Crippen molar-refractivity contribution in [1.82, 2.24) is 10.6 Å². The van der Waals surface area contributed by atoms with Gasteiger partial charge in [0.2, 0.25) is 0 Å². The quantitative estimate of drug-likeness (QED) is 0.344. The van der Waals surface area contributed by atoms with Gasteiger partial charge in [0.05, 0.1) is 17.1 Å². The number of nitrogens with one attached hydrogen (secondary N) is 3. The topological polar surface area (TPSA) is 137 Å². The molecule has 14 heteroatoms. The zero-order valence-electron chi connectivity index (χ0n) is 21.0. The van der Waals surface area contributed by atoms with Gasteiger partial charge in [-0.1, -0.05) is 19.1 Å². The number of benzene rings is 2. The van der Waals surface area contributed by atoms with Crippen molar-refractivity contribution >= 4 is 33.3 Å². The van der Waals surface area contributed by atoms with E-state index in [2.05, 4.69) is 20.3 Å². The van der Waals surface area contributed by atoms with Crippen molar-refractivity contribution in [2.75, 3.05) is 56.1 Å². The lowest BCUT2D eigenvalue weighted by molar-refractivity contribution is -0.192. The Kier molecular flexibility index (Phi) is 11.4. The van der Waals surface area contributed by atoms with Gasteiger partial charge in [0, 0.05) is 51.2 Å². The molecule has 0 bridgehead atoms. The van der Waals surface area contributed by atoms with Crippen LogP contribution in [0, 0.1) is 0 Å². The van der Waals surface area contributed by atoms with Gasteiger partial charge < -0.3 is 25.4 Å². The number of piperazine rings is 1. The van der Waals surface area contributed by atoms with E-state index in [1.54, 1.807) is 49.6 Å². The monoisotopic (exact) mass is 560 g/mol. The standard InChI is InChI=1S/C22H30N4O4S.C2HF3O2/c1-3-17-4-7-19(8-5-17)31(28,29)25-18-6-9-21(26-13-10-23-11-14-26)20(16-18)22(27)24-12-15-30-2;3-2(4,5)1(6)7/h4-9,16,23,25H,3,10-15H2,1-2H3,(H,24,27);(H,6,7). The molecule has 0 aromatic heterocycles. The number of anilines is 2. The highest BCUT2D eigenvalue weighted by Gasteiger charge is 2.38. The van der Waals surface area contributed by atoms with Crippen LogP contribution in [0.4, 0.5) is 24.5 Å². The summed E-state index contributed by atoms with van der Waals surface area (Å²) >= 11 is 0. The first kappa shape index (κ1) is 30.9. The minimum Gasteiger partial charge on any atom is -0.475 e. The second kappa shape index (κ2) is 14.0. The lowest BCUT2D eigenvalue weighted by Gasteiger charge is -2.31. The van der Waals surface area contributed by atoms with Crippen LogP contribution in [0.25, 0.3) is 0 Å². The number of aryl methyl sites for hydroxylation is 1. The predicted molar refractivity (Wildman–Crippen MR) is 136 cm³/mol. The highest BCUT2D eigenvalue weighted by molar-refractivity contribution is 7.92. The maximum Gasteiger partial charge on any atom is 0.490 e. The van der Waals surface area contributed by atoms with E-state index >= 15 is 0 Å². The molecule has 4 N–H and O–H groups in total. The zero-order chi connectivity index (χ0) is 28.3. The number of carboxylic acid groups (broad SMARTS) is 1. The van der Waals surface area contributed by atoms with Crippen molar-refractivity contribution in [2.45, 2.75) is 24.4 Å². The Labute approximate surface area is 219 Å². The number of hydrogen-bond acceptors (Lipinski definition) is 7. The Morgan fingerprint density at radius 3 is 2.24 bits per heavy atom. The SMILES string of the molecule is CCc1ccc(S(=O)(=O)Nc2ccc(N3CCNCC3)c(C(=O)NCCOC)c2)cc1.O=C(O)C(F)(F)F. The number of sulfonamides is 1. The van der Waals surface area contributed by atoms with Gasteiger partial charge in [-0.05, 0) is 42.3 Å². The van der Waals surface area contributed by atoms with Crippen LogP contribution < -0.4 is 20.3 Å². The van der Waals surface area contributed by atoms with E-state index in [0.29, 0.717) is 24.4 Å². The number of carboxylic acids is 1. The first-order valence-corrected chi connectivity index (χ1v) is 13.2. The van der Waals surface area contributed by atoms with Gasteiger partial charge in [-0.25, -0.2) is 13.2 Å². The van der Waals surface area contributed by atoms with E-state index in [1.807, 2.05) is 6.92 Å². The van der Waals surface area contributed by atoms with Crippen LogP contribution in [0.2, 0.25) is 0 Å². The Morgan fingerprint density at radius 2 is 1.71 bits per heavy atom. The number of aliphatic carboxylic acids is 1. The van der Waals surface area contributed by atoms with Gasteiger partial charge in [0.25, 0.3) is 15.9 Å². The number of nitrogens with zero attached hydrogens (tertiary/aromatic N) is 1. The van der Waals surface area contributed by atoms with Gasteiger partial charge in [-0.3, -0.25) is 9.52 Å². The number of halogens is 3. The third-order valence-corrected chi connectivity index (χ3v) is 6.82. The maximum absolute atomic E-state index is 12.9. The van der Waals surface area contributed by atoms with Gasteiger partial charge in [0.1, 0.15) is 0 Å². The molecule has 1 heterocycles. The molecule has 0 atom stereocenters. The third kappa shape index (κ3) is 9.19. The summed E-state index contributed by atoms with van der Waals surface area (Å²) in [6.07, 6.45) is -4.25. The third-order valence-electron chi connectivity index (χ3n) is 5.43. The molecule has 210 valence electrons. The molecule has 10 nitrogen and oxygen atoms in total. The van der Waals surface area contributed by atoms with Crippen LogP contribution in [0.15, 0.2) is 47.4 Å². The lowest BCUT2D eigenvalue weighted by atomic mass is 10.1. The minimum atomic E-state index is -5.08. The number of carbonyl (C=O) groups is 2. The first-order chi connectivity index (χ1) is 17.9. The van der Waals surface area contributed by atoms with Crippen LogP contribution in [-0.2, 0) is 26.0 Å². The molecule has 1 fully saturated rings. The van der Waals surface area contributed by atoms with Crippen molar-refractivity contribution in [2.24, 2.45) is 0 Å². The summed E-state index contributed by atoms with van der Waals surface area (Å²) in [6, 6.07) is 11.9. The molecule has 1 aliphatic rings. The molecular weight excluding hydrogens is 529 g/mol. The molecule has 1 saturated heterocycles. The van der Waals surface area contributed by atoms with Gasteiger partial charge in [-0.15, -0.1) is 0 Å². The van der Waals surface area contributed by atoms with Crippen LogP contribution in [0.3, 0.4) is 0 Å². The van der Waals surface area contributed by atoms with Crippen LogP contribution in [-0.4, -0.2) is 78.0 Å². The molecule has 0 radical (unpaired) electrons. The van der Waals surface area contributed by atoms with Gasteiger partial charge >= 0.3 is 12.1 Å². The highest BCUT2D eigenvalue weighted by atomic mass is 32.2. The van der Waals surface area contributed by atoms with Crippen LogP contribution >= 0.6 is 0 Å². The fourth-order valence-corrected chi connectivity index (χ4v) is 4.49. The fraction of sp³-hybridized carbons (Fsp3) is 0.417. The maximum atomic E-state index is 12.9. The number of alkyl halides is 3. The average molecular weight is 561 g/mol. The Balaban J connectivity index is 0.000000638. The summed E-state index contributed by atoms with van der Waals surface area (Å²) < 4.78 is 65.0. The fourth-order valence-electron chi connectivity index (χ4n) is 3.44. The lowest BCUT2D eigenvalue weighted by Crippen LogP contribution is -2.44. The normalized spacial score (nSPS) is 13.8. The number of ether oxygens (including phenoxy) is 1. The highest BCUT2D eigenvalue weighted by Crippen LogP contribution is 2.27. The summed E-state index contributed by atoms with van der Waals surface area (Å²) in [6.45, 7) is 5.98. The Morgan fingerprint density at radius 1 is 1.11 bits per heavy atom. The van der Waals surface area contributed by atoms with E-state index in [9.17, 15) is 26.4 Å². The second-order valence-corrected chi connectivity index (χ2v) is 9.81. The number of rotatable bonds is 9. The molecular formula is C24H31F3N4O6S. The van der Waals surface area contributed by atoms with Crippen molar-refractivity contribution in [3.63, 3.8) is 0 Å². The molecule has 3 rings (SSSR count). The van der Waals surface area contributed by atoms with E-state index < -0.39 is 22.2 Å². The second-order valence-electron chi connectivity index (χ2n) is 8.12. The summed E-state index contributed by atoms with van der Waals surface area (Å²) in [4.78, 5) is 24.1. The van der Waals surface area contributed by atoms with E-state index in [4.69, 9.17) is 14.6 Å². The molecule has 0 aliphatic carbocycles. The molecule has 0 unspecified atom stereocenters. The summed E-state index contributed by atoms with van der Waals surface area (Å²) in [5.74, 6) is -3.02. The first-order valence-electron chi connectivity index (χ1n) is 11.7. The molecule has 0 saturated carbocycles. The largest absolute Gasteiger partial charge is 0.490 e. The average Bonchev–Trinajstić information content (AvgIpc) is 2.89. The molecule has 2 aromatic carbocycles. The van der Waals surface area contributed by atoms with E-state index in [1.165, 1.54) is 0 Å². The zero-order valence-corrected chi connectivity index (χ0v) is 21.8. The van der Waals surface area contributed by atoms with Crippen molar-refractivity contribution in [3.8, 4) is 0 Å². The minimum absolute atomic E-state index is 0.182.